The minimum atomic E-state index is -1.09. The highest BCUT2D eigenvalue weighted by Gasteiger charge is 2.47. The third-order valence-electron chi connectivity index (χ3n) is 6.69. The first-order valence-corrected chi connectivity index (χ1v) is 11.8. The van der Waals surface area contributed by atoms with Crippen molar-refractivity contribution in [3.05, 3.63) is 149 Å². The molecule has 0 aromatic heterocycles. The Labute approximate surface area is 209 Å². The number of ketones is 3. The Morgan fingerprint density at radius 1 is 0.611 bits per heavy atom. The Morgan fingerprint density at radius 2 is 1.17 bits per heavy atom. The molecule has 0 saturated heterocycles. The number of carbonyl (C=O) groups is 3. The van der Waals surface area contributed by atoms with Gasteiger partial charge in [-0.05, 0) is 22.8 Å². The molecule has 0 amide bonds. The normalized spacial score (nSPS) is 18.6. The second-order valence-corrected chi connectivity index (χ2v) is 8.82. The summed E-state index contributed by atoms with van der Waals surface area (Å²) >= 11 is 0. The van der Waals surface area contributed by atoms with Crippen molar-refractivity contribution >= 4 is 23.4 Å². The standard InChI is InChI=1S/C32H24O4/c33-27(22-12-3-1-4-13-22)20-19-21-11-7-8-16-24(21)31(35)28-25-17-9-10-18-26(25)32(36)29(28)30(34)23-14-5-2-6-15-23/h1-20,28-29,32,36H/b20-19+/t28?,29-,32+/m0/s1. The lowest BCUT2D eigenvalue weighted by atomic mass is 9.80. The maximum Gasteiger partial charge on any atom is 0.185 e. The van der Waals surface area contributed by atoms with Crippen LogP contribution in [0.4, 0.5) is 0 Å². The Kier molecular flexibility index (Phi) is 6.52. The van der Waals surface area contributed by atoms with E-state index in [1.165, 1.54) is 6.08 Å². The lowest BCUT2D eigenvalue weighted by Crippen LogP contribution is -2.28. The van der Waals surface area contributed by atoms with E-state index in [2.05, 4.69) is 0 Å². The second kappa shape index (κ2) is 10.1. The molecule has 176 valence electrons. The fraction of sp³-hybridized carbons (Fsp3) is 0.0938. The van der Waals surface area contributed by atoms with Crippen LogP contribution in [0.15, 0.2) is 115 Å². The van der Waals surface area contributed by atoms with Crippen LogP contribution in [0, 0.1) is 5.92 Å². The van der Waals surface area contributed by atoms with E-state index in [4.69, 9.17) is 0 Å². The van der Waals surface area contributed by atoms with Crippen LogP contribution in [-0.2, 0) is 0 Å². The van der Waals surface area contributed by atoms with Gasteiger partial charge in [0.25, 0.3) is 0 Å². The van der Waals surface area contributed by atoms with Gasteiger partial charge in [0.15, 0.2) is 17.3 Å². The van der Waals surface area contributed by atoms with Crippen LogP contribution in [0.1, 0.15) is 59.8 Å². The largest absolute Gasteiger partial charge is 0.388 e. The number of aliphatic hydroxyl groups is 1. The van der Waals surface area contributed by atoms with E-state index in [1.54, 1.807) is 97.1 Å². The summed E-state index contributed by atoms with van der Waals surface area (Å²) in [5.41, 5.74) is 3.24. The van der Waals surface area contributed by atoms with Gasteiger partial charge in [-0.25, -0.2) is 0 Å². The molecule has 1 aliphatic carbocycles. The quantitative estimate of drug-likeness (QED) is 0.261. The van der Waals surface area contributed by atoms with Crippen molar-refractivity contribution in [1.29, 1.82) is 0 Å². The van der Waals surface area contributed by atoms with E-state index < -0.39 is 17.9 Å². The molecule has 0 aliphatic heterocycles. The number of fused-ring (bicyclic) bond motifs is 1. The minimum Gasteiger partial charge on any atom is -0.388 e. The van der Waals surface area contributed by atoms with Crippen molar-refractivity contribution in [2.24, 2.45) is 5.92 Å². The van der Waals surface area contributed by atoms with Gasteiger partial charge in [-0.2, -0.15) is 0 Å². The molecule has 0 heterocycles. The van der Waals surface area contributed by atoms with Crippen molar-refractivity contribution in [3.8, 4) is 0 Å². The van der Waals surface area contributed by atoms with E-state index in [-0.39, 0.29) is 17.3 Å². The van der Waals surface area contributed by atoms with Crippen LogP contribution in [0.5, 0.6) is 0 Å². The zero-order valence-electron chi connectivity index (χ0n) is 19.5. The molecule has 4 nitrogen and oxygen atoms in total. The van der Waals surface area contributed by atoms with E-state index >= 15 is 0 Å². The summed E-state index contributed by atoms with van der Waals surface area (Å²) in [5.74, 6) is -2.49. The summed E-state index contributed by atoms with van der Waals surface area (Å²) in [4.78, 5) is 40.2. The first kappa shape index (κ1) is 23.3. The summed E-state index contributed by atoms with van der Waals surface area (Å²) in [6, 6.07) is 31.9. The zero-order chi connectivity index (χ0) is 25.1. The summed E-state index contributed by atoms with van der Waals surface area (Å²) in [6.45, 7) is 0. The molecule has 0 radical (unpaired) electrons. The minimum absolute atomic E-state index is 0.170. The van der Waals surface area contributed by atoms with Crippen molar-refractivity contribution in [2.45, 2.75) is 12.0 Å². The highest BCUT2D eigenvalue weighted by molar-refractivity contribution is 6.11. The van der Waals surface area contributed by atoms with Gasteiger partial charge in [-0.3, -0.25) is 14.4 Å². The number of Topliss-reactive ketones (excluding diaryl/α,β-unsaturated/α-hetero) is 2. The Hall–Kier alpha value is -4.41. The number of aliphatic hydroxyl groups excluding tert-OH is 1. The summed E-state index contributed by atoms with van der Waals surface area (Å²) in [7, 11) is 0. The number of carbonyl (C=O) groups excluding carboxylic acids is 3. The first-order valence-electron chi connectivity index (χ1n) is 11.8. The average Bonchev–Trinajstić information content (AvgIpc) is 3.24. The van der Waals surface area contributed by atoms with Crippen molar-refractivity contribution in [2.75, 3.05) is 0 Å². The van der Waals surface area contributed by atoms with Gasteiger partial charge in [0, 0.05) is 16.7 Å². The summed E-state index contributed by atoms with van der Waals surface area (Å²) in [6.07, 6.45) is 1.99. The van der Waals surface area contributed by atoms with Gasteiger partial charge in [-0.15, -0.1) is 0 Å². The van der Waals surface area contributed by atoms with Gasteiger partial charge in [0.2, 0.25) is 0 Å². The smallest absolute Gasteiger partial charge is 0.185 e. The average molecular weight is 473 g/mol. The predicted molar refractivity (Wildman–Crippen MR) is 139 cm³/mol. The van der Waals surface area contributed by atoms with Gasteiger partial charge < -0.3 is 5.11 Å². The van der Waals surface area contributed by atoms with Crippen molar-refractivity contribution < 1.29 is 19.5 Å². The predicted octanol–water partition coefficient (Wildman–Crippen LogP) is 6.10. The monoisotopic (exact) mass is 472 g/mol. The Morgan fingerprint density at radius 3 is 1.86 bits per heavy atom. The number of benzene rings is 4. The van der Waals surface area contributed by atoms with Crippen LogP contribution < -0.4 is 0 Å². The molecule has 1 unspecified atom stereocenters. The molecule has 4 aromatic carbocycles. The molecule has 0 spiro atoms. The molecule has 5 rings (SSSR count). The highest BCUT2D eigenvalue weighted by Crippen LogP contribution is 2.48. The number of hydrogen-bond donors (Lipinski definition) is 1. The Bertz CT molecular complexity index is 1450. The molecule has 36 heavy (non-hydrogen) atoms. The van der Waals surface area contributed by atoms with Gasteiger partial charge in [-0.1, -0.05) is 115 Å². The van der Waals surface area contributed by atoms with Crippen molar-refractivity contribution in [3.63, 3.8) is 0 Å². The maximum absolute atomic E-state index is 14.1. The number of hydrogen-bond acceptors (Lipinski definition) is 4. The van der Waals surface area contributed by atoms with Crippen LogP contribution >= 0.6 is 0 Å². The lowest BCUT2D eigenvalue weighted by molar-refractivity contribution is 0.0626. The molecular formula is C32H24O4. The van der Waals surface area contributed by atoms with Crippen LogP contribution in [-0.4, -0.2) is 22.5 Å². The molecule has 0 fully saturated rings. The van der Waals surface area contributed by atoms with Crippen molar-refractivity contribution in [1.82, 2.24) is 0 Å². The zero-order valence-corrected chi connectivity index (χ0v) is 19.5. The molecule has 1 N–H and O–H groups in total. The fourth-order valence-electron chi connectivity index (χ4n) is 4.92. The first-order chi connectivity index (χ1) is 17.6. The van der Waals surface area contributed by atoms with E-state index in [0.29, 0.717) is 33.4 Å². The SMILES string of the molecule is O=C(/C=C/c1ccccc1C(=O)C1c2ccccc2[C@@H](O)[C@@H]1C(=O)c1ccccc1)c1ccccc1. The molecule has 1 aliphatic rings. The third kappa shape index (κ3) is 4.35. The molecular weight excluding hydrogens is 448 g/mol. The summed E-state index contributed by atoms with van der Waals surface area (Å²) in [5, 5.41) is 11.2. The number of rotatable bonds is 7. The van der Waals surface area contributed by atoms with Crippen LogP contribution in [0.3, 0.4) is 0 Å². The highest BCUT2D eigenvalue weighted by atomic mass is 16.3. The molecule has 3 atom stereocenters. The molecule has 4 heteroatoms. The summed E-state index contributed by atoms with van der Waals surface area (Å²) < 4.78 is 0. The second-order valence-electron chi connectivity index (χ2n) is 8.82. The number of allylic oxidation sites excluding steroid dienone is 1. The van der Waals surface area contributed by atoms with Gasteiger partial charge in [0.1, 0.15) is 0 Å². The lowest BCUT2D eigenvalue weighted by Gasteiger charge is -2.21. The third-order valence-corrected chi connectivity index (χ3v) is 6.69. The fourth-order valence-corrected chi connectivity index (χ4v) is 4.92. The van der Waals surface area contributed by atoms with Gasteiger partial charge in [0.05, 0.1) is 17.9 Å². The van der Waals surface area contributed by atoms with Gasteiger partial charge >= 0.3 is 0 Å². The maximum atomic E-state index is 14.1. The molecule has 0 saturated carbocycles. The Balaban J connectivity index is 1.53. The van der Waals surface area contributed by atoms with E-state index in [0.717, 1.165) is 0 Å². The van der Waals surface area contributed by atoms with Crippen LogP contribution in [0.2, 0.25) is 0 Å². The molecule has 0 bridgehead atoms. The van der Waals surface area contributed by atoms with Crippen LogP contribution in [0.25, 0.3) is 6.08 Å². The topological polar surface area (TPSA) is 71.4 Å². The molecule has 4 aromatic rings. The van der Waals surface area contributed by atoms with E-state index in [1.807, 2.05) is 18.2 Å². The van der Waals surface area contributed by atoms with E-state index in [9.17, 15) is 19.5 Å².